The van der Waals surface area contributed by atoms with Crippen molar-refractivity contribution in [3.05, 3.63) is 52.1 Å². The molecular weight excluding hydrogens is 310 g/mol. The highest BCUT2D eigenvalue weighted by Gasteiger charge is 2.05. The number of oxime groups is 1. The number of aryl methyl sites for hydroxylation is 1. The highest BCUT2D eigenvalue weighted by Crippen LogP contribution is 2.25. The van der Waals surface area contributed by atoms with E-state index in [9.17, 15) is 0 Å². The molecule has 0 fully saturated rings. The number of ether oxygens (including phenoxy) is 1. The van der Waals surface area contributed by atoms with Crippen LogP contribution in [0.15, 0.2) is 46.2 Å². The maximum absolute atomic E-state index is 8.63. The molecule has 1 heterocycles. The van der Waals surface area contributed by atoms with Gasteiger partial charge in [0.15, 0.2) is 5.84 Å². The molecule has 5 nitrogen and oxygen atoms in total. The number of pyridine rings is 1. The van der Waals surface area contributed by atoms with Gasteiger partial charge in [0.1, 0.15) is 5.75 Å². The Hall–Kier alpha value is -2.08. The molecular formula is C13H12BrN3O2. The number of hydrogen-bond acceptors (Lipinski definition) is 4. The topological polar surface area (TPSA) is 80.7 Å². The molecule has 0 aliphatic rings. The highest BCUT2D eigenvalue weighted by atomic mass is 79.9. The van der Waals surface area contributed by atoms with Crippen LogP contribution >= 0.6 is 15.9 Å². The van der Waals surface area contributed by atoms with Gasteiger partial charge in [0.25, 0.3) is 0 Å². The van der Waals surface area contributed by atoms with E-state index >= 15 is 0 Å². The third-order valence-electron chi connectivity index (χ3n) is 2.49. The van der Waals surface area contributed by atoms with Crippen molar-refractivity contribution in [1.82, 2.24) is 4.98 Å². The van der Waals surface area contributed by atoms with E-state index in [1.807, 2.05) is 25.1 Å². The summed E-state index contributed by atoms with van der Waals surface area (Å²) in [5.74, 6) is 1.06. The Labute approximate surface area is 118 Å². The van der Waals surface area contributed by atoms with E-state index in [1.165, 1.54) is 6.20 Å². The molecule has 0 spiro atoms. The number of nitrogens with zero attached hydrogens (tertiary/aromatic N) is 2. The maximum Gasteiger partial charge on any atom is 0.219 e. The van der Waals surface area contributed by atoms with Crippen LogP contribution in [0.5, 0.6) is 11.6 Å². The first-order chi connectivity index (χ1) is 9.10. The van der Waals surface area contributed by atoms with Gasteiger partial charge in [-0.3, -0.25) is 0 Å². The van der Waals surface area contributed by atoms with Gasteiger partial charge in [0, 0.05) is 22.3 Å². The molecule has 19 heavy (non-hydrogen) atoms. The zero-order valence-electron chi connectivity index (χ0n) is 10.2. The van der Waals surface area contributed by atoms with Crippen LogP contribution in [0.25, 0.3) is 0 Å². The van der Waals surface area contributed by atoms with Crippen LogP contribution in [-0.4, -0.2) is 16.0 Å². The SMILES string of the molecule is Cc1cc(Oc2cc(/C(N)=N/O)ccn2)ccc1Br. The summed E-state index contributed by atoms with van der Waals surface area (Å²) < 4.78 is 6.64. The second-order valence-electron chi connectivity index (χ2n) is 3.88. The largest absolute Gasteiger partial charge is 0.439 e. The van der Waals surface area contributed by atoms with Gasteiger partial charge < -0.3 is 15.7 Å². The van der Waals surface area contributed by atoms with Gasteiger partial charge in [0.05, 0.1) is 0 Å². The van der Waals surface area contributed by atoms with Crippen molar-refractivity contribution in [2.75, 3.05) is 0 Å². The quantitative estimate of drug-likeness (QED) is 0.394. The fraction of sp³-hybridized carbons (Fsp3) is 0.0769. The van der Waals surface area contributed by atoms with E-state index in [4.69, 9.17) is 15.7 Å². The molecule has 0 radical (unpaired) electrons. The van der Waals surface area contributed by atoms with E-state index in [-0.39, 0.29) is 5.84 Å². The van der Waals surface area contributed by atoms with Crippen LogP contribution in [0.1, 0.15) is 11.1 Å². The van der Waals surface area contributed by atoms with Gasteiger partial charge >= 0.3 is 0 Å². The average Bonchev–Trinajstić information content (AvgIpc) is 2.42. The molecule has 0 bridgehead atoms. The number of halogens is 1. The molecule has 2 aromatic rings. The lowest BCUT2D eigenvalue weighted by atomic mass is 10.2. The summed E-state index contributed by atoms with van der Waals surface area (Å²) in [5.41, 5.74) is 7.11. The van der Waals surface area contributed by atoms with Gasteiger partial charge in [-0.1, -0.05) is 21.1 Å². The Morgan fingerprint density at radius 3 is 2.84 bits per heavy atom. The molecule has 6 heteroatoms. The van der Waals surface area contributed by atoms with Crippen LogP contribution in [0.4, 0.5) is 0 Å². The number of amidine groups is 1. The summed E-state index contributed by atoms with van der Waals surface area (Å²) in [6.45, 7) is 1.97. The monoisotopic (exact) mass is 321 g/mol. The van der Waals surface area contributed by atoms with Gasteiger partial charge in [-0.05, 0) is 36.8 Å². The summed E-state index contributed by atoms with van der Waals surface area (Å²) in [5, 5.41) is 11.6. The maximum atomic E-state index is 8.63. The van der Waals surface area contributed by atoms with Gasteiger partial charge in [0.2, 0.25) is 5.88 Å². The van der Waals surface area contributed by atoms with Gasteiger partial charge in [-0.25, -0.2) is 4.98 Å². The normalized spacial score (nSPS) is 11.4. The second-order valence-corrected chi connectivity index (χ2v) is 4.74. The fourth-order valence-corrected chi connectivity index (χ4v) is 1.73. The van der Waals surface area contributed by atoms with Crippen LogP contribution in [0.2, 0.25) is 0 Å². The minimum atomic E-state index is 0.0132. The molecule has 1 aromatic heterocycles. The third-order valence-corrected chi connectivity index (χ3v) is 3.38. The van der Waals surface area contributed by atoms with Crippen LogP contribution in [0.3, 0.4) is 0 Å². The van der Waals surface area contributed by atoms with Crippen molar-refractivity contribution in [2.45, 2.75) is 6.92 Å². The number of benzene rings is 1. The van der Waals surface area contributed by atoms with Crippen LogP contribution < -0.4 is 10.5 Å². The zero-order chi connectivity index (χ0) is 13.8. The Bertz CT molecular complexity index is 629. The molecule has 0 aliphatic carbocycles. The molecule has 3 N–H and O–H groups in total. The smallest absolute Gasteiger partial charge is 0.219 e. The number of rotatable bonds is 3. The van der Waals surface area contributed by atoms with Gasteiger partial charge in [-0.2, -0.15) is 0 Å². The Morgan fingerprint density at radius 1 is 1.37 bits per heavy atom. The first-order valence-corrected chi connectivity index (χ1v) is 6.27. The first-order valence-electron chi connectivity index (χ1n) is 5.48. The van der Waals surface area contributed by atoms with Crippen LogP contribution in [-0.2, 0) is 0 Å². The summed E-state index contributed by atoms with van der Waals surface area (Å²) in [6, 6.07) is 8.86. The lowest BCUT2D eigenvalue weighted by Gasteiger charge is -2.07. The van der Waals surface area contributed by atoms with E-state index in [0.717, 1.165) is 10.0 Å². The predicted molar refractivity (Wildman–Crippen MR) is 75.7 cm³/mol. The third kappa shape index (κ3) is 3.23. The lowest BCUT2D eigenvalue weighted by Crippen LogP contribution is -2.13. The van der Waals surface area contributed by atoms with Crippen LogP contribution in [0, 0.1) is 6.92 Å². The molecule has 0 saturated heterocycles. The zero-order valence-corrected chi connectivity index (χ0v) is 11.8. The summed E-state index contributed by atoms with van der Waals surface area (Å²) in [4.78, 5) is 4.08. The average molecular weight is 322 g/mol. The van der Waals surface area contributed by atoms with Crippen molar-refractivity contribution in [3.63, 3.8) is 0 Å². The first kappa shape index (κ1) is 13.4. The summed E-state index contributed by atoms with van der Waals surface area (Å²) in [6.07, 6.45) is 1.54. The fourth-order valence-electron chi connectivity index (χ4n) is 1.48. The molecule has 1 aromatic carbocycles. The molecule has 0 aliphatic heterocycles. The Kier molecular flexibility index (Phi) is 4.01. The van der Waals surface area contributed by atoms with Crippen molar-refractivity contribution in [3.8, 4) is 11.6 Å². The minimum Gasteiger partial charge on any atom is -0.439 e. The van der Waals surface area contributed by atoms with Crippen molar-refractivity contribution >= 4 is 21.8 Å². The lowest BCUT2D eigenvalue weighted by molar-refractivity contribution is 0.318. The van der Waals surface area contributed by atoms with Gasteiger partial charge in [-0.15, -0.1) is 0 Å². The predicted octanol–water partition coefficient (Wildman–Crippen LogP) is 3.04. The molecule has 0 saturated carbocycles. The molecule has 2 rings (SSSR count). The molecule has 0 atom stereocenters. The summed E-state index contributed by atoms with van der Waals surface area (Å²) in [7, 11) is 0. The minimum absolute atomic E-state index is 0.0132. The van der Waals surface area contributed by atoms with E-state index < -0.39 is 0 Å². The van der Waals surface area contributed by atoms with Crippen molar-refractivity contribution < 1.29 is 9.94 Å². The summed E-state index contributed by atoms with van der Waals surface area (Å²) >= 11 is 3.42. The molecule has 0 unspecified atom stereocenters. The number of nitrogens with two attached hydrogens (primary N) is 1. The number of hydrogen-bond donors (Lipinski definition) is 2. The highest BCUT2D eigenvalue weighted by molar-refractivity contribution is 9.10. The molecule has 0 amide bonds. The van der Waals surface area contributed by atoms with Crippen molar-refractivity contribution in [2.24, 2.45) is 10.9 Å². The van der Waals surface area contributed by atoms with E-state index in [2.05, 4.69) is 26.1 Å². The number of aromatic nitrogens is 1. The van der Waals surface area contributed by atoms with Crippen molar-refractivity contribution in [1.29, 1.82) is 0 Å². The Balaban J connectivity index is 2.26. The molecule has 98 valence electrons. The standard InChI is InChI=1S/C13H12BrN3O2/c1-8-6-10(2-3-11(8)14)19-12-7-9(4-5-16-12)13(15)17-18/h2-7,18H,1H3,(H2,15,17). The van der Waals surface area contributed by atoms with E-state index in [0.29, 0.717) is 17.2 Å². The Morgan fingerprint density at radius 2 is 2.16 bits per heavy atom. The second kappa shape index (κ2) is 5.71. The van der Waals surface area contributed by atoms with E-state index in [1.54, 1.807) is 12.1 Å².